The largest absolute Gasteiger partial charge is 0.379 e. The van der Waals surface area contributed by atoms with Gasteiger partial charge >= 0.3 is 6.03 Å². The molecule has 3 amide bonds. The van der Waals surface area contributed by atoms with E-state index in [0.29, 0.717) is 16.7 Å². The quantitative estimate of drug-likeness (QED) is 0.289. The number of carbonyl (C=O) groups excluding carboxylic acids is 2. The zero-order valence-electron chi connectivity index (χ0n) is 14.2. The number of aliphatic imine (C=N–C) groups is 2. The predicted molar refractivity (Wildman–Crippen MR) is 104 cm³/mol. The van der Waals surface area contributed by atoms with Crippen LogP contribution in [0.15, 0.2) is 22.1 Å². The molecule has 0 aliphatic rings. The van der Waals surface area contributed by atoms with Gasteiger partial charge in [0.25, 0.3) is 0 Å². The highest BCUT2D eigenvalue weighted by molar-refractivity contribution is 7.28. The number of nitrogens with zero attached hydrogens (tertiary/aromatic N) is 3. The van der Waals surface area contributed by atoms with Gasteiger partial charge in [-0.25, -0.2) is 14.2 Å². The summed E-state index contributed by atoms with van der Waals surface area (Å²) in [6, 6.07) is 1.88. The Hall–Kier alpha value is -2.38. The van der Waals surface area contributed by atoms with Gasteiger partial charge in [-0.2, -0.15) is 4.99 Å². The normalized spacial score (nSPS) is 11.3. The Morgan fingerprint density at radius 1 is 1.50 bits per heavy atom. The van der Waals surface area contributed by atoms with Gasteiger partial charge in [0.15, 0.2) is 0 Å². The number of urea groups is 1. The molecular formula is C15H19ClFN6O2P. The van der Waals surface area contributed by atoms with Crippen molar-refractivity contribution >= 4 is 56.6 Å². The molecule has 0 aliphatic carbocycles. The Morgan fingerprint density at radius 3 is 2.81 bits per heavy atom. The minimum absolute atomic E-state index is 0.0686. The molecule has 0 aliphatic heterocycles. The number of benzene rings is 1. The van der Waals surface area contributed by atoms with Gasteiger partial charge in [-0.3, -0.25) is 10.2 Å². The van der Waals surface area contributed by atoms with Gasteiger partial charge in [0.05, 0.1) is 19.4 Å². The van der Waals surface area contributed by atoms with Crippen LogP contribution in [0, 0.1) is 11.2 Å². The molecule has 0 fully saturated rings. The summed E-state index contributed by atoms with van der Waals surface area (Å²) in [7, 11) is 3.92. The summed E-state index contributed by atoms with van der Waals surface area (Å²) in [4.78, 5) is 31.4. The molecule has 1 unspecified atom stereocenters. The van der Waals surface area contributed by atoms with Gasteiger partial charge < -0.3 is 15.5 Å². The number of hydrogen-bond acceptors (Lipinski definition) is 3. The number of hydrogen-bond donors (Lipinski definition) is 3. The van der Waals surface area contributed by atoms with E-state index in [0.717, 1.165) is 4.90 Å². The summed E-state index contributed by atoms with van der Waals surface area (Å²) in [6.07, 6.45) is 1.67. The van der Waals surface area contributed by atoms with E-state index in [4.69, 9.17) is 17.0 Å². The lowest BCUT2D eigenvalue weighted by molar-refractivity contribution is -0.108. The summed E-state index contributed by atoms with van der Waals surface area (Å²) in [5.41, 5.74) is 0.163. The summed E-state index contributed by atoms with van der Waals surface area (Å²) in [5.74, 6) is -0.619. The molecule has 0 heterocycles. The molecular weight excluding hydrogens is 382 g/mol. The van der Waals surface area contributed by atoms with Crippen LogP contribution in [0.1, 0.15) is 12.5 Å². The third-order valence-electron chi connectivity index (χ3n) is 3.02. The van der Waals surface area contributed by atoms with E-state index in [1.807, 2.05) is 0 Å². The summed E-state index contributed by atoms with van der Waals surface area (Å²) in [6.45, 7) is 1.04. The number of nitrogens with one attached hydrogen (secondary N) is 3. The minimum Gasteiger partial charge on any atom is -0.379 e. The third-order valence-corrected chi connectivity index (χ3v) is 4.01. The number of halogens is 2. The van der Waals surface area contributed by atoms with Crippen molar-refractivity contribution < 1.29 is 14.0 Å². The van der Waals surface area contributed by atoms with Gasteiger partial charge in [0, 0.05) is 17.6 Å². The van der Waals surface area contributed by atoms with Crippen LogP contribution in [-0.2, 0) is 11.3 Å². The lowest BCUT2D eigenvalue weighted by atomic mass is 10.2. The van der Waals surface area contributed by atoms with Crippen molar-refractivity contribution in [1.82, 2.24) is 15.5 Å². The molecule has 1 atom stereocenters. The summed E-state index contributed by atoms with van der Waals surface area (Å²) >= 11 is 6.01. The molecule has 1 aromatic carbocycles. The Morgan fingerprint density at radius 2 is 2.19 bits per heavy atom. The van der Waals surface area contributed by atoms with Crippen molar-refractivity contribution in [1.29, 1.82) is 5.41 Å². The average molecular weight is 401 g/mol. The second kappa shape index (κ2) is 10.6. The Labute approximate surface area is 157 Å². The molecule has 0 radical (unpaired) electrons. The van der Waals surface area contributed by atoms with Crippen molar-refractivity contribution in [2.75, 3.05) is 13.6 Å². The highest BCUT2D eigenvalue weighted by atomic mass is 35.5. The van der Waals surface area contributed by atoms with Crippen molar-refractivity contribution in [2.24, 2.45) is 9.98 Å². The molecule has 0 bridgehead atoms. The lowest BCUT2D eigenvalue weighted by Crippen LogP contribution is -2.34. The number of amides is 3. The summed E-state index contributed by atoms with van der Waals surface area (Å²) < 4.78 is 14.2. The van der Waals surface area contributed by atoms with Gasteiger partial charge in [0.2, 0.25) is 6.41 Å². The molecule has 0 spiro atoms. The monoisotopic (exact) mass is 400 g/mol. The van der Waals surface area contributed by atoms with Crippen molar-refractivity contribution in [3.8, 4) is 0 Å². The molecule has 11 heteroatoms. The highest BCUT2D eigenvalue weighted by Gasteiger charge is 2.18. The maximum Gasteiger partial charge on any atom is 0.345 e. The molecule has 140 valence electrons. The fourth-order valence-corrected chi connectivity index (χ4v) is 2.23. The van der Waals surface area contributed by atoms with Crippen LogP contribution in [0.4, 0.5) is 9.18 Å². The fraction of sp³-hybridized carbons (Fsp3) is 0.267. The van der Waals surface area contributed by atoms with E-state index < -0.39 is 11.8 Å². The van der Waals surface area contributed by atoms with Crippen molar-refractivity contribution in [2.45, 2.75) is 13.5 Å². The molecule has 0 aromatic heterocycles. The summed E-state index contributed by atoms with van der Waals surface area (Å²) in [5, 5.41) is 13.5. The zero-order chi connectivity index (χ0) is 19.7. The first-order chi connectivity index (χ1) is 12.3. The van der Waals surface area contributed by atoms with Crippen LogP contribution in [-0.4, -0.2) is 48.9 Å². The van der Waals surface area contributed by atoms with E-state index >= 15 is 0 Å². The second-order valence-corrected chi connectivity index (χ2v) is 6.09. The number of carbonyl (C=O) groups is 2. The zero-order valence-corrected chi connectivity index (χ0v) is 16.1. The standard InChI is InChI=1S/C15H19ClFN6O2P/c1-9(21-8-24)22-15(25)23(6-14(18)20-7-19-2)5-10-3-11(16)13(26)4-12(10)17/h3-4,7-8H,5-6,26H2,1-2H3,(H2,18,19,20)(H,21,22,24,25). The average Bonchev–Trinajstić information content (AvgIpc) is 2.57. The van der Waals surface area contributed by atoms with Crippen LogP contribution in [0.2, 0.25) is 5.02 Å². The first-order valence-electron chi connectivity index (χ1n) is 7.33. The van der Waals surface area contributed by atoms with Crippen LogP contribution < -0.4 is 15.9 Å². The van der Waals surface area contributed by atoms with Gasteiger partial charge in [0.1, 0.15) is 17.5 Å². The smallest absolute Gasteiger partial charge is 0.345 e. The molecule has 1 aromatic rings. The first-order valence-corrected chi connectivity index (χ1v) is 8.29. The van der Waals surface area contributed by atoms with Crippen molar-refractivity contribution in [3.63, 3.8) is 0 Å². The fourth-order valence-electron chi connectivity index (χ4n) is 1.82. The molecule has 26 heavy (non-hydrogen) atoms. The Bertz CT molecular complexity index is 756. The van der Waals surface area contributed by atoms with E-state index in [1.165, 1.54) is 25.4 Å². The molecule has 8 nitrogen and oxygen atoms in total. The minimum atomic E-state index is -0.758. The van der Waals surface area contributed by atoms with Crippen LogP contribution in [0.25, 0.3) is 0 Å². The van der Waals surface area contributed by atoms with Crippen molar-refractivity contribution in [3.05, 3.63) is 28.5 Å². The maximum absolute atomic E-state index is 14.2. The van der Waals surface area contributed by atoms with E-state index in [1.54, 1.807) is 7.05 Å². The van der Waals surface area contributed by atoms with Gasteiger partial charge in [-0.05, 0) is 24.4 Å². The Balaban J connectivity index is 3.11. The number of rotatable bonds is 6. The van der Waals surface area contributed by atoms with Gasteiger partial charge in [-0.15, -0.1) is 9.24 Å². The van der Waals surface area contributed by atoms with E-state index in [2.05, 4.69) is 29.9 Å². The molecule has 1 rings (SSSR count). The van der Waals surface area contributed by atoms with Crippen LogP contribution in [0.3, 0.4) is 0 Å². The predicted octanol–water partition coefficient (Wildman–Crippen LogP) is 1.29. The maximum atomic E-state index is 14.2. The molecule has 0 saturated carbocycles. The topological polar surface area (TPSA) is 110 Å². The number of amidine groups is 2. The van der Waals surface area contributed by atoms with E-state index in [-0.39, 0.29) is 30.3 Å². The first kappa shape index (κ1) is 21.7. The molecule has 0 saturated heterocycles. The third kappa shape index (κ3) is 6.85. The highest BCUT2D eigenvalue weighted by Crippen LogP contribution is 2.17. The van der Waals surface area contributed by atoms with Crippen LogP contribution >= 0.6 is 20.8 Å². The van der Waals surface area contributed by atoms with Crippen LogP contribution in [0.5, 0.6) is 0 Å². The molecule has 3 N–H and O–H groups in total. The lowest BCUT2D eigenvalue weighted by Gasteiger charge is -2.20. The SMILES string of the molecule is CN/C=N\C(=N)CN(Cc1cc(Cl)c(P)cc1F)C(=O)/N=C(/C)NC=O. The van der Waals surface area contributed by atoms with Gasteiger partial charge in [-0.1, -0.05) is 11.6 Å². The Kier molecular flexibility index (Phi) is 8.81. The van der Waals surface area contributed by atoms with E-state index in [9.17, 15) is 14.0 Å². The second-order valence-electron chi connectivity index (χ2n) is 5.06.